The smallest absolute Gasteiger partial charge is 0.306 e. The summed E-state index contributed by atoms with van der Waals surface area (Å²) in [5.74, 6) is 1.57. The number of pyridine rings is 1. The van der Waals surface area contributed by atoms with Crippen LogP contribution in [0.1, 0.15) is 17.7 Å². The average Bonchev–Trinajstić information content (AvgIpc) is 2.97. The van der Waals surface area contributed by atoms with Crippen LogP contribution in [0.5, 0.6) is 0 Å². The molecule has 4 aromatic rings. The number of thioether (sulfide) groups is 1. The SMILES string of the molecule is Cc1ccc2nc(CSCCCn3c(=O)[nH]c4ccccc43)cc(=O)n2c1. The zero-order valence-electron chi connectivity index (χ0n) is 15.0. The predicted octanol–water partition coefficient (Wildman–Crippen LogP) is 2.97. The molecule has 0 aliphatic heterocycles. The molecular weight excluding hydrogens is 360 g/mol. The molecule has 0 atom stereocenters. The third kappa shape index (κ3) is 3.68. The van der Waals surface area contributed by atoms with Crippen molar-refractivity contribution in [3.8, 4) is 0 Å². The summed E-state index contributed by atoms with van der Waals surface area (Å²) in [5, 5.41) is 0. The first-order chi connectivity index (χ1) is 13.1. The Morgan fingerprint density at radius 2 is 2.00 bits per heavy atom. The summed E-state index contributed by atoms with van der Waals surface area (Å²) in [6.07, 6.45) is 2.68. The minimum absolute atomic E-state index is 0.0513. The fourth-order valence-corrected chi connectivity index (χ4v) is 4.00. The van der Waals surface area contributed by atoms with Gasteiger partial charge in [0.1, 0.15) is 5.65 Å². The minimum Gasteiger partial charge on any atom is -0.306 e. The number of fused-ring (bicyclic) bond motifs is 2. The van der Waals surface area contributed by atoms with E-state index in [-0.39, 0.29) is 11.2 Å². The Kier molecular flexibility index (Phi) is 4.85. The standard InChI is InChI=1S/C20H20N4O2S/c1-14-7-8-18-21-15(11-19(25)24(18)12-14)13-27-10-4-9-23-17-6-3-2-5-16(17)22-20(23)26/h2-3,5-8,11-12H,4,9-10,13H2,1H3,(H,22,26). The summed E-state index contributed by atoms with van der Waals surface area (Å²) in [4.78, 5) is 31.7. The highest BCUT2D eigenvalue weighted by molar-refractivity contribution is 7.98. The molecule has 0 aliphatic carbocycles. The van der Waals surface area contributed by atoms with E-state index in [0.717, 1.165) is 34.5 Å². The van der Waals surface area contributed by atoms with Gasteiger partial charge >= 0.3 is 5.69 Å². The summed E-state index contributed by atoms with van der Waals surface area (Å²) in [7, 11) is 0. The Balaban J connectivity index is 1.37. The molecule has 0 unspecified atom stereocenters. The lowest BCUT2D eigenvalue weighted by atomic mass is 10.3. The molecule has 3 heterocycles. The lowest BCUT2D eigenvalue weighted by molar-refractivity contribution is 0.679. The summed E-state index contributed by atoms with van der Waals surface area (Å²) < 4.78 is 3.35. The molecule has 0 amide bonds. The van der Waals surface area contributed by atoms with Gasteiger partial charge in [-0.2, -0.15) is 11.8 Å². The predicted molar refractivity (Wildman–Crippen MR) is 110 cm³/mol. The lowest BCUT2D eigenvalue weighted by Gasteiger charge is -2.06. The largest absolute Gasteiger partial charge is 0.326 e. The highest BCUT2D eigenvalue weighted by atomic mass is 32.2. The molecule has 27 heavy (non-hydrogen) atoms. The molecule has 0 bridgehead atoms. The zero-order valence-corrected chi connectivity index (χ0v) is 15.8. The first-order valence-electron chi connectivity index (χ1n) is 8.86. The van der Waals surface area contributed by atoms with Crippen LogP contribution in [0, 0.1) is 6.92 Å². The van der Waals surface area contributed by atoms with Crippen LogP contribution in [-0.4, -0.2) is 24.7 Å². The number of hydrogen-bond acceptors (Lipinski definition) is 4. The number of H-pyrrole nitrogens is 1. The van der Waals surface area contributed by atoms with Gasteiger partial charge in [0.25, 0.3) is 5.56 Å². The molecule has 138 valence electrons. The van der Waals surface area contributed by atoms with Crippen molar-refractivity contribution in [2.75, 3.05) is 5.75 Å². The van der Waals surface area contributed by atoms with E-state index in [4.69, 9.17) is 0 Å². The third-order valence-electron chi connectivity index (χ3n) is 4.46. The molecule has 0 aliphatic rings. The van der Waals surface area contributed by atoms with Crippen LogP contribution in [0.2, 0.25) is 0 Å². The Morgan fingerprint density at radius 3 is 2.89 bits per heavy atom. The van der Waals surface area contributed by atoms with Crippen molar-refractivity contribution < 1.29 is 0 Å². The van der Waals surface area contributed by atoms with Gasteiger partial charge in [-0.15, -0.1) is 0 Å². The van der Waals surface area contributed by atoms with Gasteiger partial charge in [0.05, 0.1) is 16.7 Å². The lowest BCUT2D eigenvalue weighted by Crippen LogP contribution is -2.17. The van der Waals surface area contributed by atoms with Crippen molar-refractivity contribution >= 4 is 28.4 Å². The van der Waals surface area contributed by atoms with Crippen molar-refractivity contribution in [1.82, 2.24) is 18.9 Å². The molecule has 1 N–H and O–H groups in total. The second-order valence-electron chi connectivity index (χ2n) is 6.53. The fraction of sp³-hybridized carbons (Fsp3) is 0.250. The Morgan fingerprint density at radius 1 is 1.15 bits per heavy atom. The van der Waals surface area contributed by atoms with E-state index in [2.05, 4.69) is 9.97 Å². The van der Waals surface area contributed by atoms with Crippen molar-refractivity contribution in [2.45, 2.75) is 25.6 Å². The normalized spacial score (nSPS) is 11.4. The summed E-state index contributed by atoms with van der Waals surface area (Å²) in [6.45, 7) is 2.62. The molecule has 0 saturated carbocycles. The number of nitrogens with zero attached hydrogens (tertiary/aromatic N) is 3. The van der Waals surface area contributed by atoms with Gasteiger partial charge in [0.15, 0.2) is 0 Å². The Bertz CT molecular complexity index is 1220. The van der Waals surface area contributed by atoms with Gasteiger partial charge in [0.2, 0.25) is 0 Å². The van der Waals surface area contributed by atoms with Crippen LogP contribution >= 0.6 is 11.8 Å². The maximum Gasteiger partial charge on any atom is 0.326 e. The molecule has 0 saturated heterocycles. The number of aromatic amines is 1. The molecule has 0 spiro atoms. The van der Waals surface area contributed by atoms with Gasteiger partial charge in [-0.05, 0) is 42.9 Å². The maximum absolute atomic E-state index is 12.2. The Labute approximate surface area is 159 Å². The summed E-state index contributed by atoms with van der Waals surface area (Å²) in [5.41, 5.74) is 4.18. The molecule has 4 rings (SSSR count). The van der Waals surface area contributed by atoms with E-state index in [1.54, 1.807) is 33.0 Å². The molecule has 0 fully saturated rings. The number of imidazole rings is 1. The van der Waals surface area contributed by atoms with Crippen LogP contribution in [0.15, 0.2) is 58.3 Å². The summed E-state index contributed by atoms with van der Waals surface area (Å²) in [6, 6.07) is 13.1. The number of aromatic nitrogens is 4. The second kappa shape index (κ2) is 7.44. The van der Waals surface area contributed by atoms with Crippen LogP contribution in [-0.2, 0) is 12.3 Å². The van der Waals surface area contributed by atoms with Gasteiger partial charge in [-0.3, -0.25) is 13.8 Å². The first kappa shape index (κ1) is 17.6. The van der Waals surface area contributed by atoms with Crippen molar-refractivity contribution in [3.05, 3.63) is 80.8 Å². The number of benzene rings is 1. The number of nitrogens with one attached hydrogen (secondary N) is 1. The number of rotatable bonds is 6. The molecule has 6 nitrogen and oxygen atoms in total. The third-order valence-corrected chi connectivity index (χ3v) is 5.54. The molecule has 3 aromatic heterocycles. The van der Waals surface area contributed by atoms with Crippen LogP contribution in [0.4, 0.5) is 0 Å². The minimum atomic E-state index is -0.0688. The van der Waals surface area contributed by atoms with Gasteiger partial charge < -0.3 is 4.98 Å². The van der Waals surface area contributed by atoms with E-state index in [9.17, 15) is 9.59 Å². The second-order valence-corrected chi connectivity index (χ2v) is 7.63. The maximum atomic E-state index is 12.2. The van der Waals surface area contributed by atoms with Crippen molar-refractivity contribution in [1.29, 1.82) is 0 Å². The van der Waals surface area contributed by atoms with Crippen LogP contribution in [0.25, 0.3) is 16.7 Å². The van der Waals surface area contributed by atoms with Crippen molar-refractivity contribution in [2.24, 2.45) is 0 Å². The first-order valence-corrected chi connectivity index (χ1v) is 10.0. The molecule has 0 radical (unpaired) electrons. The average molecular weight is 380 g/mol. The van der Waals surface area contributed by atoms with E-state index < -0.39 is 0 Å². The quantitative estimate of drug-likeness (QED) is 0.522. The molecule has 7 heteroatoms. The fourth-order valence-electron chi connectivity index (χ4n) is 3.16. The number of hydrogen-bond donors (Lipinski definition) is 1. The summed E-state index contributed by atoms with van der Waals surface area (Å²) >= 11 is 1.72. The zero-order chi connectivity index (χ0) is 18.8. The van der Waals surface area contributed by atoms with Crippen molar-refractivity contribution in [3.63, 3.8) is 0 Å². The molecule has 1 aromatic carbocycles. The van der Waals surface area contributed by atoms with Crippen LogP contribution < -0.4 is 11.2 Å². The monoisotopic (exact) mass is 380 g/mol. The van der Waals surface area contributed by atoms with Gasteiger partial charge in [-0.25, -0.2) is 9.78 Å². The number of aryl methyl sites for hydroxylation is 2. The van der Waals surface area contributed by atoms with Crippen LogP contribution in [0.3, 0.4) is 0 Å². The van der Waals surface area contributed by atoms with E-state index in [0.29, 0.717) is 17.9 Å². The van der Waals surface area contributed by atoms with E-state index >= 15 is 0 Å². The van der Waals surface area contributed by atoms with E-state index in [1.165, 1.54) is 0 Å². The van der Waals surface area contributed by atoms with E-state index in [1.807, 2.05) is 43.3 Å². The highest BCUT2D eigenvalue weighted by Gasteiger charge is 2.06. The molecular formula is C20H20N4O2S. The van der Waals surface area contributed by atoms with Gasteiger partial charge in [-0.1, -0.05) is 18.2 Å². The number of para-hydroxylation sites is 2. The Hall–Kier alpha value is -2.80. The van der Waals surface area contributed by atoms with Gasteiger partial charge in [0, 0.05) is 24.6 Å². The highest BCUT2D eigenvalue weighted by Crippen LogP contribution is 2.14. The topological polar surface area (TPSA) is 72.2 Å².